The van der Waals surface area contributed by atoms with Crippen LogP contribution in [0.5, 0.6) is 5.75 Å². The summed E-state index contributed by atoms with van der Waals surface area (Å²) in [6, 6.07) is 9.16. The molecule has 1 aromatic carbocycles. The average molecular weight is 381 g/mol. The maximum atomic E-state index is 13.0. The number of piperazine rings is 1. The SMILES string of the molecule is COc1cccc(N2CC(C(=O)N3CCN(c4ncccn4)CC3)CC2=O)c1. The van der Waals surface area contributed by atoms with Crippen LogP contribution in [0.2, 0.25) is 0 Å². The first-order chi connectivity index (χ1) is 13.7. The number of ether oxygens (including phenoxy) is 1. The van der Waals surface area contributed by atoms with Crippen LogP contribution in [-0.2, 0) is 9.59 Å². The average Bonchev–Trinajstić information content (AvgIpc) is 3.15. The van der Waals surface area contributed by atoms with Crippen LogP contribution in [0.25, 0.3) is 0 Å². The van der Waals surface area contributed by atoms with E-state index in [4.69, 9.17) is 4.74 Å². The number of amides is 2. The molecule has 8 heteroatoms. The number of benzene rings is 1. The van der Waals surface area contributed by atoms with E-state index in [1.54, 1.807) is 30.5 Å². The standard InChI is InChI=1S/C20H23N5O3/c1-28-17-5-2-4-16(13-17)25-14-15(12-18(25)26)19(27)23-8-10-24(11-9-23)20-21-6-3-7-22-20/h2-7,13,15H,8-12,14H2,1H3. The molecular weight excluding hydrogens is 358 g/mol. The van der Waals surface area contributed by atoms with E-state index in [2.05, 4.69) is 14.9 Å². The van der Waals surface area contributed by atoms with Gasteiger partial charge < -0.3 is 19.4 Å². The fraction of sp³-hybridized carbons (Fsp3) is 0.400. The normalized spacial score (nSPS) is 19.8. The van der Waals surface area contributed by atoms with E-state index < -0.39 is 0 Å². The molecule has 146 valence electrons. The van der Waals surface area contributed by atoms with E-state index in [-0.39, 0.29) is 24.2 Å². The lowest BCUT2D eigenvalue weighted by molar-refractivity contribution is -0.136. The van der Waals surface area contributed by atoms with Gasteiger partial charge in [0.1, 0.15) is 5.75 Å². The summed E-state index contributed by atoms with van der Waals surface area (Å²) in [5.41, 5.74) is 0.769. The van der Waals surface area contributed by atoms with Crippen LogP contribution in [0.4, 0.5) is 11.6 Å². The third-order valence-corrected chi connectivity index (χ3v) is 5.27. The number of carbonyl (C=O) groups excluding carboxylic acids is 2. The van der Waals surface area contributed by atoms with Gasteiger partial charge in [0.05, 0.1) is 13.0 Å². The van der Waals surface area contributed by atoms with Crippen molar-refractivity contribution in [2.24, 2.45) is 5.92 Å². The van der Waals surface area contributed by atoms with Crippen molar-refractivity contribution in [2.75, 3.05) is 49.6 Å². The second-order valence-corrected chi connectivity index (χ2v) is 6.97. The van der Waals surface area contributed by atoms with Gasteiger partial charge in [0, 0.05) is 63.3 Å². The number of anilines is 2. The van der Waals surface area contributed by atoms with E-state index in [0.717, 1.165) is 5.69 Å². The molecule has 0 N–H and O–H groups in total. The summed E-state index contributed by atoms with van der Waals surface area (Å²) in [6.45, 7) is 3.01. The third kappa shape index (κ3) is 3.62. The van der Waals surface area contributed by atoms with Crippen LogP contribution in [0.15, 0.2) is 42.7 Å². The second kappa shape index (κ2) is 7.84. The van der Waals surface area contributed by atoms with E-state index in [1.807, 2.05) is 29.2 Å². The molecule has 4 rings (SSSR count). The van der Waals surface area contributed by atoms with Crippen molar-refractivity contribution in [1.29, 1.82) is 0 Å². The van der Waals surface area contributed by atoms with Gasteiger partial charge >= 0.3 is 0 Å². The second-order valence-electron chi connectivity index (χ2n) is 6.97. The molecule has 2 aliphatic rings. The monoisotopic (exact) mass is 381 g/mol. The fourth-order valence-corrected chi connectivity index (χ4v) is 3.74. The first-order valence-corrected chi connectivity index (χ1v) is 9.41. The van der Waals surface area contributed by atoms with Crippen molar-refractivity contribution >= 4 is 23.5 Å². The minimum Gasteiger partial charge on any atom is -0.497 e. The van der Waals surface area contributed by atoms with Crippen LogP contribution in [0.3, 0.4) is 0 Å². The smallest absolute Gasteiger partial charge is 0.228 e. The Kier molecular flexibility index (Phi) is 5.10. The zero-order valence-electron chi connectivity index (χ0n) is 15.8. The highest BCUT2D eigenvalue weighted by Gasteiger charge is 2.38. The van der Waals surface area contributed by atoms with E-state index in [0.29, 0.717) is 44.4 Å². The van der Waals surface area contributed by atoms with Crippen molar-refractivity contribution < 1.29 is 14.3 Å². The van der Waals surface area contributed by atoms with E-state index in [1.165, 1.54) is 0 Å². The predicted molar refractivity (Wildman–Crippen MR) is 104 cm³/mol. The van der Waals surface area contributed by atoms with Gasteiger partial charge in [0.15, 0.2) is 0 Å². The number of carbonyl (C=O) groups is 2. The van der Waals surface area contributed by atoms with Gasteiger partial charge in [-0.3, -0.25) is 9.59 Å². The highest BCUT2D eigenvalue weighted by Crippen LogP contribution is 2.29. The van der Waals surface area contributed by atoms with Crippen LogP contribution in [0, 0.1) is 5.92 Å². The Labute approximate surface area is 163 Å². The molecule has 0 radical (unpaired) electrons. The van der Waals surface area contributed by atoms with Crippen molar-refractivity contribution in [3.8, 4) is 5.75 Å². The molecule has 1 unspecified atom stereocenters. The lowest BCUT2D eigenvalue weighted by Crippen LogP contribution is -2.51. The molecule has 3 heterocycles. The molecule has 2 saturated heterocycles. The van der Waals surface area contributed by atoms with Gasteiger partial charge in [0.2, 0.25) is 17.8 Å². The van der Waals surface area contributed by atoms with Crippen LogP contribution in [0.1, 0.15) is 6.42 Å². The molecule has 1 atom stereocenters. The molecule has 0 spiro atoms. The summed E-state index contributed by atoms with van der Waals surface area (Å²) in [5, 5.41) is 0. The summed E-state index contributed by atoms with van der Waals surface area (Å²) >= 11 is 0. The number of methoxy groups -OCH3 is 1. The Hall–Kier alpha value is -3.16. The number of hydrogen-bond acceptors (Lipinski definition) is 6. The van der Waals surface area contributed by atoms with Gasteiger partial charge in [-0.25, -0.2) is 9.97 Å². The lowest BCUT2D eigenvalue weighted by atomic mass is 10.1. The lowest BCUT2D eigenvalue weighted by Gasteiger charge is -2.35. The van der Waals surface area contributed by atoms with Gasteiger partial charge in [-0.05, 0) is 18.2 Å². The predicted octanol–water partition coefficient (Wildman–Crippen LogP) is 1.19. The summed E-state index contributed by atoms with van der Waals surface area (Å²) in [4.78, 5) is 39.6. The summed E-state index contributed by atoms with van der Waals surface area (Å²) in [6.07, 6.45) is 3.69. The number of rotatable bonds is 4. The van der Waals surface area contributed by atoms with Crippen LogP contribution < -0.4 is 14.5 Å². The Balaban J connectivity index is 1.37. The summed E-state index contributed by atoms with van der Waals surface area (Å²) in [7, 11) is 1.59. The molecule has 2 fully saturated rings. The minimum absolute atomic E-state index is 0.0251. The summed E-state index contributed by atoms with van der Waals surface area (Å²) < 4.78 is 5.24. The molecular formula is C20H23N5O3. The van der Waals surface area contributed by atoms with Gasteiger partial charge in [-0.1, -0.05) is 6.07 Å². The van der Waals surface area contributed by atoms with E-state index >= 15 is 0 Å². The summed E-state index contributed by atoms with van der Waals surface area (Å²) in [5.74, 6) is 1.10. The van der Waals surface area contributed by atoms with Gasteiger partial charge in [0.25, 0.3) is 0 Å². The zero-order valence-corrected chi connectivity index (χ0v) is 15.8. The first-order valence-electron chi connectivity index (χ1n) is 9.41. The Bertz CT molecular complexity index is 852. The van der Waals surface area contributed by atoms with Gasteiger partial charge in [-0.2, -0.15) is 0 Å². The van der Waals surface area contributed by atoms with Gasteiger partial charge in [-0.15, -0.1) is 0 Å². The maximum absolute atomic E-state index is 13.0. The Morgan fingerprint density at radius 2 is 1.86 bits per heavy atom. The number of aromatic nitrogens is 2. The Morgan fingerprint density at radius 3 is 2.57 bits per heavy atom. The van der Waals surface area contributed by atoms with Crippen molar-refractivity contribution in [1.82, 2.24) is 14.9 Å². The topological polar surface area (TPSA) is 78.9 Å². The van der Waals surface area contributed by atoms with E-state index in [9.17, 15) is 9.59 Å². The molecule has 2 aliphatic heterocycles. The quantitative estimate of drug-likeness (QED) is 0.792. The highest BCUT2D eigenvalue weighted by molar-refractivity contribution is 6.00. The van der Waals surface area contributed by atoms with Crippen molar-refractivity contribution in [3.05, 3.63) is 42.7 Å². The van der Waals surface area contributed by atoms with Crippen molar-refractivity contribution in [3.63, 3.8) is 0 Å². The van der Waals surface area contributed by atoms with Crippen LogP contribution in [-0.4, -0.2) is 66.5 Å². The maximum Gasteiger partial charge on any atom is 0.228 e. The zero-order chi connectivity index (χ0) is 19.5. The van der Waals surface area contributed by atoms with Crippen molar-refractivity contribution in [2.45, 2.75) is 6.42 Å². The Morgan fingerprint density at radius 1 is 1.11 bits per heavy atom. The molecule has 1 aromatic heterocycles. The largest absolute Gasteiger partial charge is 0.497 e. The minimum atomic E-state index is -0.307. The number of nitrogens with zero attached hydrogens (tertiary/aromatic N) is 5. The fourth-order valence-electron chi connectivity index (χ4n) is 3.74. The molecule has 28 heavy (non-hydrogen) atoms. The number of hydrogen-bond donors (Lipinski definition) is 0. The molecule has 2 aromatic rings. The molecule has 0 bridgehead atoms. The molecule has 0 saturated carbocycles. The molecule has 8 nitrogen and oxygen atoms in total. The molecule has 0 aliphatic carbocycles. The first kappa shape index (κ1) is 18.2. The molecule has 2 amide bonds. The highest BCUT2D eigenvalue weighted by atomic mass is 16.5. The van der Waals surface area contributed by atoms with Crippen LogP contribution >= 0.6 is 0 Å². The third-order valence-electron chi connectivity index (χ3n) is 5.27.